The Morgan fingerprint density at radius 1 is 1.56 bits per heavy atom. The van der Waals surface area contributed by atoms with Crippen LogP contribution in [0.2, 0.25) is 0 Å². The molecular formula is C6H9N3. The van der Waals surface area contributed by atoms with Crippen molar-refractivity contribution in [1.29, 1.82) is 5.41 Å². The normalized spacial score (nSPS) is 17.2. The van der Waals surface area contributed by atoms with Crippen molar-refractivity contribution in [2.24, 2.45) is 15.9 Å². The minimum atomic E-state index is 0.124. The predicted octanol–water partition coefficient (Wildman–Crippen LogP) is 1.10. The highest BCUT2D eigenvalue weighted by molar-refractivity contribution is 6.38. The lowest BCUT2D eigenvalue weighted by molar-refractivity contribution is 0.899. The van der Waals surface area contributed by atoms with E-state index >= 15 is 0 Å². The first-order chi connectivity index (χ1) is 4.20. The van der Waals surface area contributed by atoms with Crippen molar-refractivity contribution >= 4 is 17.9 Å². The fourth-order valence-corrected chi connectivity index (χ4v) is 0.585. The lowest BCUT2D eigenvalue weighted by Crippen LogP contribution is -2.05. The zero-order chi connectivity index (χ0) is 6.85. The van der Waals surface area contributed by atoms with E-state index in [1.807, 2.05) is 13.8 Å². The van der Waals surface area contributed by atoms with Gasteiger partial charge in [0.15, 0.2) is 0 Å². The molecule has 0 aromatic heterocycles. The Labute approximate surface area is 54.0 Å². The number of aliphatic imine (C=N–C) groups is 2. The number of nitrogens with one attached hydrogen (secondary N) is 1. The van der Waals surface area contributed by atoms with Gasteiger partial charge in [0.25, 0.3) is 0 Å². The number of guanidine groups is 1. The van der Waals surface area contributed by atoms with E-state index in [2.05, 4.69) is 9.98 Å². The van der Waals surface area contributed by atoms with E-state index < -0.39 is 0 Å². The number of rotatable bonds is 1. The fraction of sp³-hybridized carbons (Fsp3) is 0.500. The molecular weight excluding hydrogens is 114 g/mol. The van der Waals surface area contributed by atoms with Crippen LogP contribution in [-0.4, -0.2) is 17.9 Å². The van der Waals surface area contributed by atoms with Crippen LogP contribution >= 0.6 is 0 Å². The van der Waals surface area contributed by atoms with Crippen molar-refractivity contribution < 1.29 is 0 Å². The molecule has 1 aliphatic heterocycles. The van der Waals surface area contributed by atoms with Crippen LogP contribution in [-0.2, 0) is 0 Å². The van der Waals surface area contributed by atoms with Gasteiger partial charge in [-0.2, -0.15) is 0 Å². The molecule has 3 nitrogen and oxygen atoms in total. The van der Waals surface area contributed by atoms with Crippen LogP contribution in [0.5, 0.6) is 0 Å². The second-order valence-corrected chi connectivity index (χ2v) is 2.27. The summed E-state index contributed by atoms with van der Waals surface area (Å²) in [6.45, 7) is 4.06. The zero-order valence-corrected chi connectivity index (χ0v) is 5.55. The van der Waals surface area contributed by atoms with Gasteiger partial charge in [-0.25, -0.2) is 9.98 Å². The Hall–Kier alpha value is -0.990. The van der Waals surface area contributed by atoms with Crippen LogP contribution in [0.1, 0.15) is 13.8 Å². The standard InChI is InChI=1S/C6H9N3/c1-4(2)5-3-8-6(7)9-5/h3-4,7H,1-2H3. The third kappa shape index (κ3) is 1.22. The third-order valence-corrected chi connectivity index (χ3v) is 1.15. The van der Waals surface area contributed by atoms with Crippen LogP contribution in [0.4, 0.5) is 0 Å². The summed E-state index contributed by atoms with van der Waals surface area (Å²) in [7, 11) is 0. The highest BCUT2D eigenvalue weighted by Crippen LogP contribution is 2.00. The Kier molecular flexibility index (Phi) is 1.42. The molecule has 0 radical (unpaired) electrons. The van der Waals surface area contributed by atoms with E-state index in [0.717, 1.165) is 5.71 Å². The molecule has 0 aliphatic carbocycles. The molecule has 0 atom stereocenters. The Morgan fingerprint density at radius 3 is 2.44 bits per heavy atom. The molecule has 1 rings (SSSR count). The summed E-state index contributed by atoms with van der Waals surface area (Å²) >= 11 is 0. The van der Waals surface area contributed by atoms with Crippen LogP contribution in [0, 0.1) is 11.3 Å². The SMILES string of the molecule is CC(C)C1=NC(=N)N=C1. The van der Waals surface area contributed by atoms with Crippen molar-refractivity contribution in [3.63, 3.8) is 0 Å². The van der Waals surface area contributed by atoms with Crippen molar-refractivity contribution in [3.8, 4) is 0 Å². The smallest absolute Gasteiger partial charge is 0.242 e. The number of hydrogen-bond acceptors (Lipinski definition) is 1. The Morgan fingerprint density at radius 2 is 2.22 bits per heavy atom. The minimum absolute atomic E-state index is 0.124. The van der Waals surface area contributed by atoms with Crippen molar-refractivity contribution in [3.05, 3.63) is 0 Å². The molecule has 9 heavy (non-hydrogen) atoms. The molecule has 1 heterocycles. The van der Waals surface area contributed by atoms with Gasteiger partial charge < -0.3 is 0 Å². The van der Waals surface area contributed by atoms with Gasteiger partial charge >= 0.3 is 0 Å². The molecule has 0 spiro atoms. The molecule has 0 aromatic rings. The van der Waals surface area contributed by atoms with E-state index in [4.69, 9.17) is 5.41 Å². The zero-order valence-electron chi connectivity index (χ0n) is 5.55. The molecule has 3 heteroatoms. The molecule has 0 aromatic carbocycles. The molecule has 1 aliphatic rings. The van der Waals surface area contributed by atoms with Crippen molar-refractivity contribution in [2.75, 3.05) is 0 Å². The van der Waals surface area contributed by atoms with Gasteiger partial charge in [-0.05, 0) is 5.92 Å². The van der Waals surface area contributed by atoms with Gasteiger partial charge in [-0.1, -0.05) is 13.8 Å². The lowest BCUT2D eigenvalue weighted by atomic mass is 10.1. The monoisotopic (exact) mass is 123 g/mol. The van der Waals surface area contributed by atoms with E-state index in [1.165, 1.54) is 0 Å². The van der Waals surface area contributed by atoms with Crippen molar-refractivity contribution in [1.82, 2.24) is 0 Å². The quantitative estimate of drug-likeness (QED) is 0.543. The molecule has 0 saturated carbocycles. The number of hydrogen-bond donors (Lipinski definition) is 1. The van der Waals surface area contributed by atoms with Crippen molar-refractivity contribution in [2.45, 2.75) is 13.8 Å². The summed E-state index contributed by atoms with van der Waals surface area (Å²) in [5.41, 5.74) is 0.903. The largest absolute Gasteiger partial charge is 0.265 e. The Balaban J connectivity index is 2.75. The third-order valence-electron chi connectivity index (χ3n) is 1.15. The van der Waals surface area contributed by atoms with E-state index in [9.17, 15) is 0 Å². The molecule has 0 saturated heterocycles. The van der Waals surface area contributed by atoms with Gasteiger partial charge in [0.1, 0.15) is 0 Å². The summed E-state index contributed by atoms with van der Waals surface area (Å²) in [6, 6.07) is 0. The van der Waals surface area contributed by atoms with Gasteiger partial charge in [0, 0.05) is 0 Å². The summed E-state index contributed by atoms with van der Waals surface area (Å²) in [4.78, 5) is 7.56. The summed E-state index contributed by atoms with van der Waals surface area (Å²) in [5.74, 6) is 0.510. The maximum atomic E-state index is 6.99. The minimum Gasteiger partial charge on any atom is -0.265 e. The average molecular weight is 123 g/mol. The first kappa shape index (κ1) is 6.13. The molecule has 0 fully saturated rings. The maximum Gasteiger partial charge on any atom is 0.242 e. The lowest BCUT2D eigenvalue weighted by Gasteiger charge is -1.96. The summed E-state index contributed by atoms with van der Waals surface area (Å²) in [6.07, 6.45) is 1.65. The average Bonchev–Trinajstić information content (AvgIpc) is 2.14. The molecule has 48 valence electrons. The second kappa shape index (κ2) is 2.09. The predicted molar refractivity (Wildman–Crippen MR) is 38.5 cm³/mol. The summed E-state index contributed by atoms with van der Waals surface area (Å²) < 4.78 is 0. The van der Waals surface area contributed by atoms with Crippen LogP contribution in [0.3, 0.4) is 0 Å². The van der Waals surface area contributed by atoms with Crippen LogP contribution in [0.15, 0.2) is 9.98 Å². The van der Waals surface area contributed by atoms with Gasteiger partial charge in [-0.15, -0.1) is 0 Å². The second-order valence-electron chi connectivity index (χ2n) is 2.27. The van der Waals surface area contributed by atoms with Gasteiger partial charge in [0.2, 0.25) is 5.96 Å². The topological polar surface area (TPSA) is 48.6 Å². The first-order valence-electron chi connectivity index (χ1n) is 2.91. The molecule has 0 bridgehead atoms. The van der Waals surface area contributed by atoms with Crippen LogP contribution in [0.25, 0.3) is 0 Å². The van der Waals surface area contributed by atoms with Gasteiger partial charge in [-0.3, -0.25) is 5.41 Å². The van der Waals surface area contributed by atoms with E-state index in [1.54, 1.807) is 6.21 Å². The fourth-order valence-electron chi connectivity index (χ4n) is 0.585. The molecule has 0 amide bonds. The van der Waals surface area contributed by atoms with Gasteiger partial charge in [0.05, 0.1) is 11.9 Å². The van der Waals surface area contributed by atoms with E-state index in [0.29, 0.717) is 5.92 Å². The molecule has 0 unspecified atom stereocenters. The number of nitrogens with zero attached hydrogens (tertiary/aromatic N) is 2. The first-order valence-corrected chi connectivity index (χ1v) is 2.91. The highest BCUT2D eigenvalue weighted by Gasteiger charge is 2.07. The molecule has 1 N–H and O–H groups in total. The highest BCUT2D eigenvalue weighted by atomic mass is 15.1. The Bertz CT molecular complexity index is 188. The van der Waals surface area contributed by atoms with E-state index in [-0.39, 0.29) is 5.96 Å². The van der Waals surface area contributed by atoms with Crippen LogP contribution < -0.4 is 0 Å². The summed E-state index contributed by atoms with van der Waals surface area (Å²) in [5, 5.41) is 6.99. The maximum absolute atomic E-state index is 6.99.